The van der Waals surface area contributed by atoms with Crippen molar-refractivity contribution in [3.63, 3.8) is 0 Å². The van der Waals surface area contributed by atoms with Gasteiger partial charge in [0.25, 0.3) is 5.91 Å². The average Bonchev–Trinajstić information content (AvgIpc) is 2.86. The van der Waals surface area contributed by atoms with E-state index in [1.165, 1.54) is 41.9 Å². The molecular weight excluding hydrogens is 258 g/mol. The minimum absolute atomic E-state index is 0.204. The third-order valence-corrected chi connectivity index (χ3v) is 5.12. The van der Waals surface area contributed by atoms with Crippen molar-refractivity contribution in [2.75, 3.05) is 7.05 Å². The van der Waals surface area contributed by atoms with E-state index in [4.69, 9.17) is 5.84 Å². The van der Waals surface area contributed by atoms with Gasteiger partial charge >= 0.3 is 0 Å². The largest absolute Gasteiger partial charge is 0.298 e. The number of nitrogens with zero attached hydrogens (tertiary/aromatic N) is 1. The van der Waals surface area contributed by atoms with Gasteiger partial charge in [0.15, 0.2) is 0 Å². The molecule has 0 aliphatic heterocycles. The normalized spacial score (nSPS) is 23.6. The number of carbonyl (C=O) groups is 1. The molecule has 2 rings (SSSR count). The molecule has 19 heavy (non-hydrogen) atoms. The highest BCUT2D eigenvalue weighted by Crippen LogP contribution is 2.29. The van der Waals surface area contributed by atoms with Gasteiger partial charge in [-0.3, -0.25) is 15.1 Å². The first-order valence-electron chi connectivity index (χ1n) is 6.91. The van der Waals surface area contributed by atoms with Crippen molar-refractivity contribution in [3.05, 3.63) is 21.9 Å². The lowest BCUT2D eigenvalue weighted by atomic mass is 9.85. The Kier molecular flexibility index (Phi) is 4.96. The first-order valence-corrected chi connectivity index (χ1v) is 7.73. The molecule has 1 heterocycles. The fourth-order valence-electron chi connectivity index (χ4n) is 2.97. The molecule has 1 aliphatic rings. The zero-order valence-electron chi connectivity index (χ0n) is 11.7. The molecule has 0 bridgehead atoms. The number of nitrogens with one attached hydrogen (secondary N) is 1. The van der Waals surface area contributed by atoms with Crippen LogP contribution in [0.25, 0.3) is 0 Å². The summed E-state index contributed by atoms with van der Waals surface area (Å²) in [6, 6.07) is 4.54. The van der Waals surface area contributed by atoms with Crippen LogP contribution in [-0.2, 0) is 6.54 Å². The Bertz CT molecular complexity index is 432. The van der Waals surface area contributed by atoms with E-state index in [9.17, 15) is 4.79 Å². The van der Waals surface area contributed by atoms with Crippen molar-refractivity contribution >= 4 is 17.2 Å². The number of hydrogen-bond acceptors (Lipinski definition) is 4. The summed E-state index contributed by atoms with van der Waals surface area (Å²) in [5.41, 5.74) is 2.18. The molecule has 106 valence electrons. The second-order valence-corrected chi connectivity index (χ2v) is 6.65. The van der Waals surface area contributed by atoms with Gasteiger partial charge in [-0.2, -0.15) is 0 Å². The maximum absolute atomic E-state index is 11.4. The lowest BCUT2D eigenvalue weighted by molar-refractivity contribution is 0.0957. The van der Waals surface area contributed by atoms with Crippen LogP contribution in [0.4, 0.5) is 0 Å². The number of nitrogen functional groups attached to an aromatic ring is 1. The Morgan fingerprint density at radius 3 is 2.89 bits per heavy atom. The van der Waals surface area contributed by atoms with Crippen LogP contribution in [0, 0.1) is 5.92 Å². The molecule has 1 saturated carbocycles. The highest BCUT2D eigenvalue weighted by Gasteiger charge is 2.25. The second-order valence-electron chi connectivity index (χ2n) is 5.48. The molecule has 2 unspecified atom stereocenters. The minimum Gasteiger partial charge on any atom is -0.298 e. The van der Waals surface area contributed by atoms with E-state index in [-0.39, 0.29) is 5.91 Å². The van der Waals surface area contributed by atoms with Crippen molar-refractivity contribution in [2.45, 2.75) is 45.2 Å². The van der Waals surface area contributed by atoms with Crippen LogP contribution in [0.1, 0.15) is 47.2 Å². The highest BCUT2D eigenvalue weighted by atomic mass is 32.1. The van der Waals surface area contributed by atoms with Gasteiger partial charge < -0.3 is 0 Å². The van der Waals surface area contributed by atoms with Crippen molar-refractivity contribution < 1.29 is 4.79 Å². The van der Waals surface area contributed by atoms with Crippen LogP contribution in [0.15, 0.2) is 12.1 Å². The van der Waals surface area contributed by atoms with Gasteiger partial charge in [0, 0.05) is 17.5 Å². The molecule has 1 aliphatic carbocycles. The monoisotopic (exact) mass is 281 g/mol. The molecule has 1 aromatic heterocycles. The second kappa shape index (κ2) is 6.50. The van der Waals surface area contributed by atoms with Gasteiger partial charge in [-0.1, -0.05) is 19.8 Å². The molecule has 1 fully saturated rings. The van der Waals surface area contributed by atoms with Crippen LogP contribution < -0.4 is 11.3 Å². The molecule has 3 N–H and O–H groups in total. The molecule has 0 radical (unpaired) electrons. The zero-order chi connectivity index (χ0) is 13.8. The fraction of sp³-hybridized carbons (Fsp3) is 0.643. The number of thiophene rings is 1. The molecule has 2 atom stereocenters. The number of rotatable bonds is 4. The summed E-state index contributed by atoms with van der Waals surface area (Å²) in [6.07, 6.45) is 5.33. The fourth-order valence-corrected chi connectivity index (χ4v) is 3.95. The standard InChI is InChI=1S/C14H23N3OS/c1-10-5-3-4-6-12(10)17(2)9-11-7-8-13(19-11)14(18)16-15/h7-8,10,12H,3-6,9,15H2,1-2H3,(H,16,18). The summed E-state index contributed by atoms with van der Waals surface area (Å²) >= 11 is 1.53. The van der Waals surface area contributed by atoms with Gasteiger partial charge in [0.05, 0.1) is 4.88 Å². The average molecular weight is 281 g/mol. The Morgan fingerprint density at radius 1 is 1.47 bits per heavy atom. The Morgan fingerprint density at radius 2 is 2.21 bits per heavy atom. The summed E-state index contributed by atoms with van der Waals surface area (Å²) in [5.74, 6) is 5.71. The van der Waals surface area contributed by atoms with Crippen LogP contribution in [0.2, 0.25) is 0 Å². The van der Waals surface area contributed by atoms with E-state index >= 15 is 0 Å². The van der Waals surface area contributed by atoms with Crippen LogP contribution in [-0.4, -0.2) is 23.9 Å². The summed E-state index contributed by atoms with van der Waals surface area (Å²) in [5, 5.41) is 0. The molecule has 5 heteroatoms. The lowest BCUT2D eigenvalue weighted by Crippen LogP contribution is -2.38. The molecule has 0 saturated heterocycles. The molecule has 0 spiro atoms. The maximum Gasteiger partial charge on any atom is 0.275 e. The van der Waals surface area contributed by atoms with Gasteiger partial charge in [-0.05, 0) is 37.9 Å². The van der Waals surface area contributed by atoms with Crippen LogP contribution in [0.5, 0.6) is 0 Å². The highest BCUT2D eigenvalue weighted by molar-refractivity contribution is 7.14. The number of carbonyl (C=O) groups excluding carboxylic acids is 1. The van der Waals surface area contributed by atoms with Gasteiger partial charge in [-0.15, -0.1) is 11.3 Å². The van der Waals surface area contributed by atoms with E-state index in [0.29, 0.717) is 10.9 Å². The van der Waals surface area contributed by atoms with Crippen molar-refractivity contribution in [3.8, 4) is 0 Å². The first-order chi connectivity index (χ1) is 9.11. The summed E-state index contributed by atoms with van der Waals surface area (Å²) in [4.78, 5) is 15.8. The van der Waals surface area contributed by atoms with Crippen molar-refractivity contribution in [1.29, 1.82) is 0 Å². The van der Waals surface area contributed by atoms with E-state index in [1.54, 1.807) is 0 Å². The van der Waals surface area contributed by atoms with Crippen molar-refractivity contribution in [1.82, 2.24) is 10.3 Å². The molecule has 1 amide bonds. The van der Waals surface area contributed by atoms with E-state index in [1.807, 2.05) is 12.1 Å². The summed E-state index contributed by atoms with van der Waals surface area (Å²) in [7, 11) is 2.19. The van der Waals surface area contributed by atoms with E-state index in [0.717, 1.165) is 12.5 Å². The molecule has 4 nitrogen and oxygen atoms in total. The van der Waals surface area contributed by atoms with Crippen LogP contribution >= 0.6 is 11.3 Å². The topological polar surface area (TPSA) is 58.4 Å². The Labute approximate surface area is 118 Å². The lowest BCUT2D eigenvalue weighted by Gasteiger charge is -2.36. The predicted octanol–water partition coefficient (Wildman–Crippen LogP) is 2.36. The zero-order valence-corrected chi connectivity index (χ0v) is 12.5. The van der Waals surface area contributed by atoms with Gasteiger partial charge in [0.1, 0.15) is 0 Å². The van der Waals surface area contributed by atoms with Gasteiger partial charge in [0.2, 0.25) is 0 Å². The van der Waals surface area contributed by atoms with E-state index in [2.05, 4.69) is 24.3 Å². The third kappa shape index (κ3) is 3.55. The number of hydrogen-bond donors (Lipinski definition) is 2. The molecular formula is C14H23N3OS. The smallest absolute Gasteiger partial charge is 0.275 e. The van der Waals surface area contributed by atoms with Gasteiger partial charge in [-0.25, -0.2) is 5.84 Å². The first kappa shape index (κ1) is 14.5. The van der Waals surface area contributed by atoms with Crippen molar-refractivity contribution in [2.24, 2.45) is 11.8 Å². The minimum atomic E-state index is -0.204. The molecule has 1 aromatic rings. The Balaban J connectivity index is 1.96. The predicted molar refractivity (Wildman–Crippen MR) is 78.9 cm³/mol. The quantitative estimate of drug-likeness (QED) is 0.506. The summed E-state index contributed by atoms with van der Waals surface area (Å²) in [6.45, 7) is 3.26. The van der Waals surface area contributed by atoms with E-state index < -0.39 is 0 Å². The number of amides is 1. The van der Waals surface area contributed by atoms with Crippen LogP contribution in [0.3, 0.4) is 0 Å². The number of hydrazine groups is 1. The maximum atomic E-state index is 11.4. The SMILES string of the molecule is CC1CCCCC1N(C)Cc1ccc(C(=O)NN)s1. The molecule has 0 aromatic carbocycles. The number of nitrogens with two attached hydrogens (primary N) is 1. The summed E-state index contributed by atoms with van der Waals surface area (Å²) < 4.78 is 0. The Hall–Kier alpha value is -0.910. The third-order valence-electron chi connectivity index (χ3n) is 4.05.